The van der Waals surface area contributed by atoms with Gasteiger partial charge in [-0.15, -0.1) is 5.10 Å². The third kappa shape index (κ3) is 4.32. The van der Waals surface area contributed by atoms with Crippen LogP contribution in [0.15, 0.2) is 30.5 Å². The molecule has 9 nitrogen and oxygen atoms in total. The molecular weight excluding hydrogens is 359 g/mol. The first-order chi connectivity index (χ1) is 13.0. The van der Waals surface area contributed by atoms with Gasteiger partial charge in [0.2, 0.25) is 0 Å². The van der Waals surface area contributed by atoms with Gasteiger partial charge >= 0.3 is 0 Å². The molecule has 0 aliphatic carbocycles. The maximum Gasteiger partial charge on any atom is 0.137 e. The van der Waals surface area contributed by atoms with Crippen LogP contribution < -0.4 is 5.32 Å². The highest BCUT2D eigenvalue weighted by Crippen LogP contribution is 2.30. The number of methoxy groups -OCH3 is 1. The van der Waals surface area contributed by atoms with Gasteiger partial charge < -0.3 is 24.8 Å². The lowest BCUT2D eigenvalue weighted by Gasteiger charge is -2.42. The monoisotopic (exact) mass is 382 g/mol. The van der Waals surface area contributed by atoms with E-state index >= 15 is 0 Å². The highest BCUT2D eigenvalue weighted by Gasteiger charge is 2.45. The maximum absolute atomic E-state index is 13.4. The van der Waals surface area contributed by atoms with E-state index in [1.165, 1.54) is 23.0 Å². The molecule has 3 rings (SSSR count). The third-order valence-corrected chi connectivity index (χ3v) is 4.48. The second-order valence-electron chi connectivity index (χ2n) is 6.29. The molecule has 1 aliphatic rings. The molecule has 10 heteroatoms. The zero-order chi connectivity index (χ0) is 19.4. The van der Waals surface area contributed by atoms with Gasteiger partial charge in [0.15, 0.2) is 0 Å². The molecule has 1 saturated heterocycles. The molecule has 1 aromatic heterocycles. The van der Waals surface area contributed by atoms with Crippen LogP contribution in [-0.2, 0) is 9.47 Å². The average molecular weight is 382 g/mol. The molecule has 1 aromatic carbocycles. The average Bonchev–Trinajstić information content (AvgIpc) is 3.13. The van der Waals surface area contributed by atoms with E-state index in [0.717, 1.165) is 0 Å². The molecular formula is C17H23FN4O5. The van der Waals surface area contributed by atoms with Gasteiger partial charge in [0.25, 0.3) is 0 Å². The lowest BCUT2D eigenvalue weighted by molar-refractivity contribution is -0.214. The summed E-state index contributed by atoms with van der Waals surface area (Å²) in [6.07, 6.45) is -2.63. The SMILES string of the molecule is COCCN[C@@H]1O[C@H](CO)[C@H](O)[C@H](n2cc(-c3cccc(F)c3)nn2)[C@H]1O. The van der Waals surface area contributed by atoms with Crippen molar-refractivity contribution < 1.29 is 29.2 Å². The first-order valence-electron chi connectivity index (χ1n) is 8.57. The van der Waals surface area contributed by atoms with E-state index in [1.54, 1.807) is 19.2 Å². The van der Waals surface area contributed by atoms with Crippen molar-refractivity contribution in [3.63, 3.8) is 0 Å². The number of halogens is 1. The quantitative estimate of drug-likeness (QED) is 0.464. The normalized spacial score (nSPS) is 28.4. The first-order valence-corrected chi connectivity index (χ1v) is 8.57. The number of aliphatic hydroxyl groups is 3. The summed E-state index contributed by atoms with van der Waals surface area (Å²) in [5, 5.41) is 41.7. The van der Waals surface area contributed by atoms with E-state index in [9.17, 15) is 19.7 Å². The molecule has 1 fully saturated rings. The van der Waals surface area contributed by atoms with Crippen molar-refractivity contribution in [2.24, 2.45) is 0 Å². The minimum atomic E-state index is -1.22. The molecule has 1 aliphatic heterocycles. The van der Waals surface area contributed by atoms with E-state index in [0.29, 0.717) is 24.4 Å². The van der Waals surface area contributed by atoms with Crippen LogP contribution in [0.2, 0.25) is 0 Å². The number of benzene rings is 1. The summed E-state index contributed by atoms with van der Waals surface area (Å²) >= 11 is 0. The minimum absolute atomic E-state index is 0.393. The Morgan fingerprint density at radius 2 is 2.15 bits per heavy atom. The zero-order valence-corrected chi connectivity index (χ0v) is 14.8. The van der Waals surface area contributed by atoms with Crippen LogP contribution in [0.4, 0.5) is 4.39 Å². The lowest BCUT2D eigenvalue weighted by Crippen LogP contribution is -2.60. The molecule has 0 bridgehead atoms. The van der Waals surface area contributed by atoms with Gasteiger partial charge in [-0.1, -0.05) is 17.3 Å². The molecule has 5 atom stereocenters. The molecule has 2 aromatic rings. The van der Waals surface area contributed by atoms with Crippen molar-refractivity contribution >= 4 is 0 Å². The maximum atomic E-state index is 13.4. The lowest BCUT2D eigenvalue weighted by atomic mass is 9.95. The first kappa shape index (κ1) is 19.8. The van der Waals surface area contributed by atoms with Crippen LogP contribution in [0, 0.1) is 5.82 Å². The van der Waals surface area contributed by atoms with Crippen molar-refractivity contribution in [1.82, 2.24) is 20.3 Å². The van der Waals surface area contributed by atoms with Crippen LogP contribution in [0.1, 0.15) is 6.04 Å². The molecule has 2 heterocycles. The fourth-order valence-corrected chi connectivity index (χ4v) is 3.09. The van der Waals surface area contributed by atoms with E-state index in [-0.39, 0.29) is 0 Å². The Hall–Kier alpha value is -1.95. The minimum Gasteiger partial charge on any atom is -0.394 e. The summed E-state index contributed by atoms with van der Waals surface area (Å²) in [5.41, 5.74) is 0.913. The second-order valence-corrected chi connectivity index (χ2v) is 6.29. The van der Waals surface area contributed by atoms with Crippen LogP contribution in [-0.4, -0.2) is 81.7 Å². The van der Waals surface area contributed by atoms with Crippen LogP contribution in [0.25, 0.3) is 11.3 Å². The van der Waals surface area contributed by atoms with Crippen molar-refractivity contribution in [2.45, 2.75) is 30.6 Å². The number of nitrogens with one attached hydrogen (secondary N) is 1. The number of nitrogens with zero attached hydrogens (tertiary/aromatic N) is 3. The predicted octanol–water partition coefficient (Wildman–Crippen LogP) is -0.700. The Morgan fingerprint density at radius 3 is 2.85 bits per heavy atom. The Labute approximate surface area is 155 Å². The summed E-state index contributed by atoms with van der Waals surface area (Å²) in [7, 11) is 1.55. The van der Waals surface area contributed by atoms with Gasteiger partial charge in [0, 0.05) is 19.2 Å². The summed E-state index contributed by atoms with van der Waals surface area (Å²) < 4.78 is 25.2. The van der Waals surface area contributed by atoms with E-state index in [2.05, 4.69) is 15.6 Å². The summed E-state index contributed by atoms with van der Waals surface area (Å²) in [6.45, 7) is 0.375. The number of ether oxygens (including phenoxy) is 2. The predicted molar refractivity (Wildman–Crippen MR) is 92.1 cm³/mol. The summed E-state index contributed by atoms with van der Waals surface area (Å²) in [6, 6.07) is 4.96. The van der Waals surface area contributed by atoms with Gasteiger partial charge in [-0.2, -0.15) is 0 Å². The topological polar surface area (TPSA) is 122 Å². The van der Waals surface area contributed by atoms with Gasteiger partial charge in [-0.25, -0.2) is 9.07 Å². The number of rotatable bonds is 7. The molecule has 4 N–H and O–H groups in total. The Kier molecular flexibility index (Phi) is 6.47. The molecule has 0 spiro atoms. The molecule has 27 heavy (non-hydrogen) atoms. The van der Waals surface area contributed by atoms with Crippen LogP contribution in [0.5, 0.6) is 0 Å². The molecule has 0 radical (unpaired) electrons. The fraction of sp³-hybridized carbons (Fsp3) is 0.529. The highest BCUT2D eigenvalue weighted by atomic mass is 19.1. The summed E-state index contributed by atoms with van der Waals surface area (Å²) in [5.74, 6) is -0.407. The molecule has 0 saturated carbocycles. The third-order valence-electron chi connectivity index (χ3n) is 4.48. The Balaban J connectivity index is 1.84. The standard InChI is InChI=1S/C17H23FN4O5/c1-26-6-5-19-17-16(25)14(15(24)13(9-23)27-17)22-8-12(20-21-22)10-3-2-4-11(18)7-10/h2-4,7-8,13-17,19,23-25H,5-6,9H2,1H3/t13-,14+,15+,16-,17-/m1/s1. The van der Waals surface area contributed by atoms with Gasteiger partial charge in [-0.05, 0) is 12.1 Å². The smallest absolute Gasteiger partial charge is 0.137 e. The van der Waals surface area contributed by atoms with Crippen molar-refractivity contribution in [2.75, 3.05) is 26.9 Å². The Bertz CT molecular complexity index is 746. The van der Waals surface area contributed by atoms with Crippen molar-refractivity contribution in [3.05, 3.63) is 36.3 Å². The number of aromatic nitrogens is 3. The number of hydrogen-bond acceptors (Lipinski definition) is 8. The molecule has 0 unspecified atom stereocenters. The molecule has 148 valence electrons. The zero-order valence-electron chi connectivity index (χ0n) is 14.8. The van der Waals surface area contributed by atoms with E-state index < -0.39 is 43.0 Å². The second kappa shape index (κ2) is 8.83. The Morgan fingerprint density at radius 1 is 1.33 bits per heavy atom. The summed E-state index contributed by atoms with van der Waals surface area (Å²) in [4.78, 5) is 0. The van der Waals surface area contributed by atoms with Crippen LogP contribution in [0.3, 0.4) is 0 Å². The number of hydrogen-bond donors (Lipinski definition) is 4. The highest BCUT2D eigenvalue weighted by molar-refractivity contribution is 5.57. The van der Waals surface area contributed by atoms with Gasteiger partial charge in [0.1, 0.15) is 42.1 Å². The van der Waals surface area contributed by atoms with Gasteiger partial charge in [0.05, 0.1) is 19.4 Å². The van der Waals surface area contributed by atoms with Crippen molar-refractivity contribution in [1.29, 1.82) is 0 Å². The fourth-order valence-electron chi connectivity index (χ4n) is 3.09. The van der Waals surface area contributed by atoms with Crippen LogP contribution >= 0.6 is 0 Å². The van der Waals surface area contributed by atoms with E-state index in [4.69, 9.17) is 9.47 Å². The van der Waals surface area contributed by atoms with Crippen molar-refractivity contribution in [3.8, 4) is 11.3 Å². The number of aliphatic hydroxyl groups excluding tert-OH is 3. The molecule has 0 amide bonds. The van der Waals surface area contributed by atoms with E-state index in [1.807, 2.05) is 0 Å². The largest absolute Gasteiger partial charge is 0.394 e. The van der Waals surface area contributed by atoms with Gasteiger partial charge in [-0.3, -0.25) is 5.32 Å².